The van der Waals surface area contributed by atoms with E-state index in [1.165, 1.54) is 16.5 Å². The maximum absolute atomic E-state index is 4.88. The molecule has 4 aromatic rings. The summed E-state index contributed by atoms with van der Waals surface area (Å²) in [5.74, 6) is 0. The molecule has 0 aliphatic heterocycles. The van der Waals surface area contributed by atoms with E-state index in [9.17, 15) is 0 Å². The zero-order valence-corrected chi connectivity index (χ0v) is 12.3. The molecule has 0 spiro atoms. The molecule has 0 bridgehead atoms. The largest absolute Gasteiger partial charge is 0.324 e. The molecular weight excluding hydrogens is 258 g/mol. The Morgan fingerprint density at radius 1 is 0.952 bits per heavy atom. The maximum atomic E-state index is 4.88. The minimum Gasteiger partial charge on any atom is -0.324 e. The van der Waals surface area contributed by atoms with E-state index in [1.54, 1.807) is 0 Å². The van der Waals surface area contributed by atoms with Crippen LogP contribution in [0.25, 0.3) is 33.1 Å². The second-order valence-electron chi connectivity index (χ2n) is 5.51. The van der Waals surface area contributed by atoms with E-state index < -0.39 is 0 Å². The third-order valence-electron chi connectivity index (χ3n) is 4.02. The van der Waals surface area contributed by atoms with E-state index in [0.29, 0.717) is 0 Å². The number of aromatic nitrogens is 3. The monoisotopic (exact) mass is 275 g/mol. The molecule has 2 aromatic heterocycles. The SMILES string of the molecule is CCCn1c2nc3ccccc3nc2c2cccc(C)c21. The first-order valence-corrected chi connectivity index (χ1v) is 7.44. The lowest BCUT2D eigenvalue weighted by atomic mass is 10.1. The van der Waals surface area contributed by atoms with Crippen LogP contribution in [0.5, 0.6) is 0 Å². The van der Waals surface area contributed by atoms with Gasteiger partial charge in [0.2, 0.25) is 0 Å². The first-order chi connectivity index (χ1) is 10.3. The second kappa shape index (κ2) is 4.55. The van der Waals surface area contributed by atoms with Crippen LogP contribution in [0.2, 0.25) is 0 Å². The van der Waals surface area contributed by atoms with E-state index >= 15 is 0 Å². The smallest absolute Gasteiger partial charge is 0.160 e. The minimum absolute atomic E-state index is 0.960. The predicted molar refractivity (Wildman–Crippen MR) is 87.6 cm³/mol. The van der Waals surface area contributed by atoms with Crippen LogP contribution in [-0.4, -0.2) is 14.5 Å². The lowest BCUT2D eigenvalue weighted by Crippen LogP contribution is -1.99. The van der Waals surface area contributed by atoms with Gasteiger partial charge < -0.3 is 4.57 Å². The van der Waals surface area contributed by atoms with E-state index in [4.69, 9.17) is 9.97 Å². The quantitative estimate of drug-likeness (QED) is 0.541. The second-order valence-corrected chi connectivity index (χ2v) is 5.51. The number of fused-ring (bicyclic) bond motifs is 4. The molecule has 0 fully saturated rings. The molecule has 0 aliphatic carbocycles. The van der Waals surface area contributed by atoms with Crippen LogP contribution in [0.4, 0.5) is 0 Å². The Bertz CT molecular complexity index is 966. The highest BCUT2D eigenvalue weighted by molar-refractivity contribution is 6.07. The Balaban J connectivity index is 2.25. The summed E-state index contributed by atoms with van der Waals surface area (Å²) in [5, 5.41) is 1.21. The summed E-state index contributed by atoms with van der Waals surface area (Å²) in [6.45, 7) is 5.33. The average Bonchev–Trinajstić information content (AvgIpc) is 2.81. The third kappa shape index (κ3) is 1.74. The Kier molecular flexibility index (Phi) is 2.67. The number of hydrogen-bond donors (Lipinski definition) is 0. The highest BCUT2D eigenvalue weighted by atomic mass is 15.1. The zero-order valence-electron chi connectivity index (χ0n) is 12.3. The van der Waals surface area contributed by atoms with Gasteiger partial charge in [0, 0.05) is 11.9 Å². The summed E-state index contributed by atoms with van der Waals surface area (Å²) >= 11 is 0. The standard InChI is InChI=1S/C18H17N3/c1-3-11-21-17-12(2)7-6-8-13(17)16-18(21)20-15-10-5-4-9-14(15)19-16/h4-10H,3,11H2,1-2H3. The van der Waals surface area contributed by atoms with Crippen molar-refractivity contribution in [3.63, 3.8) is 0 Å². The van der Waals surface area contributed by atoms with Gasteiger partial charge in [-0.3, -0.25) is 0 Å². The minimum atomic E-state index is 0.960. The lowest BCUT2D eigenvalue weighted by molar-refractivity contribution is 0.717. The van der Waals surface area contributed by atoms with Crippen LogP contribution in [0, 0.1) is 6.92 Å². The summed E-state index contributed by atoms with van der Waals surface area (Å²) in [4.78, 5) is 9.74. The van der Waals surface area contributed by atoms with Crippen LogP contribution in [0.15, 0.2) is 42.5 Å². The molecule has 0 aliphatic rings. The van der Waals surface area contributed by atoms with Crippen LogP contribution < -0.4 is 0 Å². The van der Waals surface area contributed by atoms with Gasteiger partial charge in [0.25, 0.3) is 0 Å². The van der Waals surface area contributed by atoms with E-state index in [-0.39, 0.29) is 0 Å². The molecule has 21 heavy (non-hydrogen) atoms. The molecule has 2 aromatic carbocycles. The fourth-order valence-corrected chi connectivity index (χ4v) is 3.12. The molecule has 4 rings (SSSR count). The van der Waals surface area contributed by atoms with Crippen molar-refractivity contribution in [3.05, 3.63) is 48.0 Å². The van der Waals surface area contributed by atoms with E-state index in [0.717, 1.165) is 35.2 Å². The molecule has 3 heteroatoms. The normalized spacial score (nSPS) is 11.7. The molecule has 0 amide bonds. The summed E-state index contributed by atoms with van der Waals surface area (Å²) < 4.78 is 2.32. The third-order valence-corrected chi connectivity index (χ3v) is 4.02. The first-order valence-electron chi connectivity index (χ1n) is 7.44. The van der Waals surface area contributed by atoms with Crippen LogP contribution in [0.1, 0.15) is 18.9 Å². The van der Waals surface area contributed by atoms with Gasteiger partial charge in [-0.15, -0.1) is 0 Å². The van der Waals surface area contributed by atoms with Crippen molar-refractivity contribution in [2.75, 3.05) is 0 Å². The van der Waals surface area contributed by atoms with Gasteiger partial charge in [0.1, 0.15) is 5.52 Å². The van der Waals surface area contributed by atoms with Gasteiger partial charge in [0.15, 0.2) is 5.65 Å². The number of benzene rings is 2. The molecule has 0 unspecified atom stereocenters. The topological polar surface area (TPSA) is 30.7 Å². The molecule has 2 heterocycles. The van der Waals surface area contributed by atoms with Crippen molar-refractivity contribution in [2.24, 2.45) is 0 Å². The van der Waals surface area contributed by atoms with Gasteiger partial charge >= 0.3 is 0 Å². The molecular formula is C18H17N3. The van der Waals surface area contributed by atoms with Crippen LogP contribution in [0.3, 0.4) is 0 Å². The number of rotatable bonds is 2. The average molecular weight is 275 g/mol. The van der Waals surface area contributed by atoms with Gasteiger partial charge in [-0.1, -0.05) is 37.3 Å². The Labute approximate surface area is 123 Å². The molecule has 0 atom stereocenters. The van der Waals surface area contributed by atoms with Crippen molar-refractivity contribution in [1.82, 2.24) is 14.5 Å². The Morgan fingerprint density at radius 3 is 2.48 bits per heavy atom. The van der Waals surface area contributed by atoms with Crippen molar-refractivity contribution in [2.45, 2.75) is 26.8 Å². The number of para-hydroxylation sites is 3. The molecule has 0 radical (unpaired) electrons. The van der Waals surface area contributed by atoms with Crippen molar-refractivity contribution >= 4 is 33.1 Å². The summed E-state index contributed by atoms with van der Waals surface area (Å²) in [7, 11) is 0. The predicted octanol–water partition coefficient (Wildman–Crippen LogP) is 4.46. The van der Waals surface area contributed by atoms with Crippen molar-refractivity contribution < 1.29 is 0 Å². The highest BCUT2D eigenvalue weighted by Gasteiger charge is 2.15. The molecule has 3 nitrogen and oxygen atoms in total. The number of aryl methyl sites for hydroxylation is 2. The van der Waals surface area contributed by atoms with Gasteiger partial charge in [-0.25, -0.2) is 9.97 Å². The van der Waals surface area contributed by atoms with Crippen LogP contribution >= 0.6 is 0 Å². The highest BCUT2D eigenvalue weighted by Crippen LogP contribution is 2.30. The molecule has 0 N–H and O–H groups in total. The number of nitrogens with zero attached hydrogens (tertiary/aromatic N) is 3. The fourth-order valence-electron chi connectivity index (χ4n) is 3.12. The van der Waals surface area contributed by atoms with Gasteiger partial charge in [0.05, 0.1) is 16.6 Å². The Morgan fingerprint density at radius 2 is 1.71 bits per heavy atom. The van der Waals surface area contributed by atoms with Crippen LogP contribution in [-0.2, 0) is 6.54 Å². The molecule has 104 valence electrons. The van der Waals surface area contributed by atoms with E-state index in [1.807, 2.05) is 24.3 Å². The lowest BCUT2D eigenvalue weighted by Gasteiger charge is -2.06. The van der Waals surface area contributed by atoms with E-state index in [2.05, 4.69) is 36.6 Å². The summed E-state index contributed by atoms with van der Waals surface area (Å²) in [6.07, 6.45) is 1.09. The fraction of sp³-hybridized carbons (Fsp3) is 0.222. The first kappa shape index (κ1) is 12.3. The maximum Gasteiger partial charge on any atom is 0.160 e. The summed E-state index contributed by atoms with van der Waals surface area (Å²) in [6, 6.07) is 14.5. The van der Waals surface area contributed by atoms with Crippen molar-refractivity contribution in [1.29, 1.82) is 0 Å². The van der Waals surface area contributed by atoms with Gasteiger partial charge in [-0.05, 0) is 31.0 Å². The number of hydrogen-bond acceptors (Lipinski definition) is 2. The Hall–Kier alpha value is -2.42. The summed E-state index contributed by atoms with van der Waals surface area (Å²) in [5.41, 5.74) is 6.49. The molecule has 0 saturated carbocycles. The zero-order chi connectivity index (χ0) is 14.4. The van der Waals surface area contributed by atoms with Crippen molar-refractivity contribution in [3.8, 4) is 0 Å². The molecule has 0 saturated heterocycles. The van der Waals surface area contributed by atoms with Gasteiger partial charge in [-0.2, -0.15) is 0 Å².